The molecule has 0 spiro atoms. The number of hydrogen-bond donors (Lipinski definition) is 2. The van der Waals surface area contributed by atoms with E-state index in [0.717, 1.165) is 37.9 Å². The summed E-state index contributed by atoms with van der Waals surface area (Å²) in [5.41, 5.74) is 0.242. The van der Waals surface area contributed by atoms with Crippen LogP contribution in [0.25, 0.3) is 0 Å². The van der Waals surface area contributed by atoms with Crippen LogP contribution in [-0.2, 0) is 0 Å². The fourth-order valence-electron chi connectivity index (χ4n) is 1.90. The van der Waals surface area contributed by atoms with E-state index in [1.165, 1.54) is 18.5 Å². The first-order valence-corrected chi connectivity index (χ1v) is 7.42. The highest BCUT2D eigenvalue weighted by atomic mass is 19.2. The lowest BCUT2D eigenvalue weighted by atomic mass is 10.2. The van der Waals surface area contributed by atoms with E-state index in [1.807, 2.05) is 0 Å². The lowest BCUT2D eigenvalue weighted by Crippen LogP contribution is -2.15. The number of carbonyl (C=O) groups is 1. The molecule has 0 aliphatic carbocycles. The molecule has 1 aromatic heterocycles. The Morgan fingerprint density at radius 1 is 1.13 bits per heavy atom. The zero-order valence-electron chi connectivity index (χ0n) is 12.8. The average Bonchev–Trinajstić information content (AvgIpc) is 2.55. The molecule has 7 heteroatoms. The summed E-state index contributed by atoms with van der Waals surface area (Å²) in [6.45, 7) is 2.92. The van der Waals surface area contributed by atoms with Gasteiger partial charge in [-0.2, -0.15) is 0 Å². The number of anilines is 2. The number of carbonyl (C=O) groups excluding carboxylic acids is 1. The van der Waals surface area contributed by atoms with Crippen LogP contribution in [0.2, 0.25) is 0 Å². The molecule has 1 aromatic carbocycles. The third-order valence-corrected chi connectivity index (χ3v) is 3.15. The molecule has 0 aliphatic heterocycles. The second-order valence-corrected chi connectivity index (χ2v) is 5.00. The molecule has 0 unspecified atom stereocenters. The number of hydrogen-bond acceptors (Lipinski definition) is 4. The summed E-state index contributed by atoms with van der Waals surface area (Å²) >= 11 is 0. The van der Waals surface area contributed by atoms with Gasteiger partial charge in [-0.15, -0.1) is 0 Å². The number of unbranched alkanes of at least 4 members (excludes halogenated alkanes) is 2. The van der Waals surface area contributed by atoms with Crippen molar-refractivity contribution < 1.29 is 13.6 Å². The van der Waals surface area contributed by atoms with Gasteiger partial charge in [0.2, 0.25) is 0 Å². The Bertz CT molecular complexity index is 662. The van der Waals surface area contributed by atoms with Crippen LogP contribution in [0.3, 0.4) is 0 Å². The van der Waals surface area contributed by atoms with Gasteiger partial charge in [-0.05, 0) is 18.6 Å². The molecule has 23 heavy (non-hydrogen) atoms. The molecule has 2 rings (SSSR count). The van der Waals surface area contributed by atoms with E-state index in [1.54, 1.807) is 0 Å². The Balaban J connectivity index is 1.93. The highest BCUT2D eigenvalue weighted by Crippen LogP contribution is 2.14. The van der Waals surface area contributed by atoms with E-state index in [-0.39, 0.29) is 11.4 Å². The van der Waals surface area contributed by atoms with Crippen molar-refractivity contribution >= 4 is 17.4 Å². The summed E-state index contributed by atoms with van der Waals surface area (Å²) in [6.07, 6.45) is 6.10. The minimum absolute atomic E-state index is 0.0915. The van der Waals surface area contributed by atoms with E-state index in [0.29, 0.717) is 5.82 Å². The van der Waals surface area contributed by atoms with Crippen LogP contribution in [-0.4, -0.2) is 22.4 Å². The Morgan fingerprint density at radius 3 is 2.61 bits per heavy atom. The summed E-state index contributed by atoms with van der Waals surface area (Å²) in [6, 6.07) is 3.12. The minimum Gasteiger partial charge on any atom is -0.369 e. The molecule has 0 saturated carbocycles. The second kappa shape index (κ2) is 8.17. The molecule has 0 atom stereocenters. The van der Waals surface area contributed by atoms with E-state index >= 15 is 0 Å². The van der Waals surface area contributed by atoms with Gasteiger partial charge in [-0.1, -0.05) is 19.8 Å². The monoisotopic (exact) mass is 320 g/mol. The average molecular weight is 320 g/mol. The lowest BCUT2D eigenvalue weighted by Gasteiger charge is -2.07. The number of rotatable bonds is 7. The molecule has 0 bridgehead atoms. The van der Waals surface area contributed by atoms with Crippen molar-refractivity contribution in [2.24, 2.45) is 0 Å². The van der Waals surface area contributed by atoms with Gasteiger partial charge in [0.15, 0.2) is 11.6 Å². The van der Waals surface area contributed by atoms with Gasteiger partial charge >= 0.3 is 0 Å². The first-order valence-electron chi connectivity index (χ1n) is 7.42. The maximum atomic E-state index is 13.1. The normalized spacial score (nSPS) is 10.4. The van der Waals surface area contributed by atoms with Gasteiger partial charge in [0, 0.05) is 18.3 Å². The van der Waals surface area contributed by atoms with Crippen molar-refractivity contribution in [3.8, 4) is 0 Å². The summed E-state index contributed by atoms with van der Waals surface area (Å²) < 4.78 is 25.9. The number of aromatic nitrogens is 2. The van der Waals surface area contributed by atoms with Gasteiger partial charge in [-0.3, -0.25) is 4.79 Å². The smallest absolute Gasteiger partial charge is 0.275 e. The number of nitrogens with zero attached hydrogens (tertiary/aromatic N) is 2. The molecule has 0 fully saturated rings. The predicted octanol–water partition coefficient (Wildman–Crippen LogP) is 3.61. The topological polar surface area (TPSA) is 66.9 Å². The third-order valence-electron chi connectivity index (χ3n) is 3.15. The molecule has 0 saturated heterocycles. The van der Waals surface area contributed by atoms with Gasteiger partial charge in [0.05, 0.1) is 12.4 Å². The fraction of sp³-hybridized carbons (Fsp3) is 0.312. The molecule has 1 amide bonds. The fourth-order valence-corrected chi connectivity index (χ4v) is 1.90. The summed E-state index contributed by atoms with van der Waals surface area (Å²) in [7, 11) is 0. The van der Waals surface area contributed by atoms with Crippen molar-refractivity contribution in [1.29, 1.82) is 0 Å². The van der Waals surface area contributed by atoms with E-state index in [9.17, 15) is 13.6 Å². The Kier molecular flexibility index (Phi) is 5.96. The molecule has 0 radical (unpaired) electrons. The zero-order chi connectivity index (χ0) is 16.7. The number of benzene rings is 1. The number of halogens is 2. The van der Waals surface area contributed by atoms with E-state index in [4.69, 9.17) is 0 Å². The van der Waals surface area contributed by atoms with Gasteiger partial charge < -0.3 is 10.6 Å². The van der Waals surface area contributed by atoms with Gasteiger partial charge in [0.25, 0.3) is 5.91 Å². The Labute approximate surface area is 133 Å². The van der Waals surface area contributed by atoms with Crippen molar-refractivity contribution in [3.63, 3.8) is 0 Å². The van der Waals surface area contributed by atoms with E-state index in [2.05, 4.69) is 27.5 Å². The highest BCUT2D eigenvalue weighted by Gasteiger charge is 2.10. The predicted molar refractivity (Wildman–Crippen MR) is 84.4 cm³/mol. The van der Waals surface area contributed by atoms with Crippen molar-refractivity contribution in [2.75, 3.05) is 17.2 Å². The Morgan fingerprint density at radius 2 is 1.96 bits per heavy atom. The molecule has 122 valence electrons. The van der Waals surface area contributed by atoms with Gasteiger partial charge in [0.1, 0.15) is 11.5 Å². The molecular weight excluding hydrogens is 302 g/mol. The third kappa shape index (κ3) is 4.98. The van der Waals surface area contributed by atoms with Crippen LogP contribution < -0.4 is 10.6 Å². The molecule has 2 N–H and O–H groups in total. The van der Waals surface area contributed by atoms with Crippen LogP contribution in [0.1, 0.15) is 36.7 Å². The molecular formula is C16H18F2N4O. The lowest BCUT2D eigenvalue weighted by molar-refractivity contribution is 0.102. The molecule has 1 heterocycles. The van der Waals surface area contributed by atoms with Crippen LogP contribution in [0.15, 0.2) is 30.6 Å². The van der Waals surface area contributed by atoms with Crippen molar-refractivity contribution in [2.45, 2.75) is 26.2 Å². The maximum Gasteiger partial charge on any atom is 0.275 e. The Hall–Kier alpha value is -2.57. The van der Waals surface area contributed by atoms with Crippen LogP contribution in [0.5, 0.6) is 0 Å². The number of nitrogens with one attached hydrogen (secondary N) is 2. The van der Waals surface area contributed by atoms with Crippen molar-refractivity contribution in [1.82, 2.24) is 9.97 Å². The first kappa shape index (κ1) is 16.8. The van der Waals surface area contributed by atoms with Gasteiger partial charge in [-0.25, -0.2) is 18.7 Å². The SMILES string of the molecule is CCCCCNc1cnc(C(=O)Nc2ccc(F)c(F)c2)cn1. The van der Waals surface area contributed by atoms with Crippen LogP contribution in [0, 0.1) is 11.6 Å². The van der Waals surface area contributed by atoms with Crippen LogP contribution >= 0.6 is 0 Å². The van der Waals surface area contributed by atoms with Crippen LogP contribution in [0.4, 0.5) is 20.3 Å². The summed E-state index contributed by atoms with van der Waals surface area (Å²) in [5, 5.41) is 5.55. The standard InChI is InChI=1S/C16H18F2N4O/c1-2-3-4-7-19-15-10-20-14(9-21-15)16(23)22-11-5-6-12(17)13(18)8-11/h5-6,8-10H,2-4,7H2,1H3,(H,19,21)(H,22,23). The highest BCUT2D eigenvalue weighted by molar-refractivity contribution is 6.02. The maximum absolute atomic E-state index is 13.1. The molecule has 2 aromatic rings. The molecule has 5 nitrogen and oxygen atoms in total. The summed E-state index contributed by atoms with van der Waals surface area (Å²) in [4.78, 5) is 20.1. The molecule has 0 aliphatic rings. The second-order valence-electron chi connectivity index (χ2n) is 5.00. The largest absolute Gasteiger partial charge is 0.369 e. The minimum atomic E-state index is -1.03. The first-order chi connectivity index (χ1) is 11.1. The quantitative estimate of drug-likeness (QED) is 0.765. The van der Waals surface area contributed by atoms with Crippen molar-refractivity contribution in [3.05, 3.63) is 47.9 Å². The number of amides is 1. The summed E-state index contributed by atoms with van der Waals surface area (Å²) in [5.74, 6) is -1.95. The zero-order valence-corrected chi connectivity index (χ0v) is 12.8. The van der Waals surface area contributed by atoms with E-state index < -0.39 is 17.5 Å².